The van der Waals surface area contributed by atoms with Gasteiger partial charge in [0, 0.05) is 6.92 Å². The number of benzene rings is 2. The van der Waals surface area contributed by atoms with Gasteiger partial charge in [0.05, 0.1) is 25.9 Å². The molecule has 40 heavy (non-hydrogen) atoms. The summed E-state index contributed by atoms with van der Waals surface area (Å²) in [6.07, 6.45) is 14.2. The van der Waals surface area contributed by atoms with E-state index in [-0.39, 0.29) is 30.3 Å². The fraction of sp³-hybridized carbons (Fsp3) is 0.536. The van der Waals surface area contributed by atoms with Gasteiger partial charge in [0.2, 0.25) is 0 Å². The molecule has 0 unspecified atom stereocenters. The van der Waals surface area contributed by atoms with Crippen LogP contribution in [-0.2, 0) is 22.4 Å². The first-order chi connectivity index (χ1) is 18.2. The van der Waals surface area contributed by atoms with Crippen LogP contribution in [0.15, 0.2) is 42.5 Å². The maximum atomic E-state index is 9.93. The maximum absolute atomic E-state index is 11.2. The summed E-state index contributed by atoms with van der Waals surface area (Å²) in [5.74, 6) is 1.83. The number of nitrogens with zero attached hydrogens (tertiary/aromatic N) is 1. The summed E-state index contributed by atoms with van der Waals surface area (Å²) in [7, 11) is 3.36. The summed E-state index contributed by atoms with van der Waals surface area (Å²) in [6.45, 7) is 1.43. The van der Waals surface area contributed by atoms with Gasteiger partial charge >= 0.3 is 58.7 Å². The molecule has 0 radical (unpaired) electrons. The molecule has 4 rings (SSSR count). The molecular weight excluding hydrogens is 846 g/mol. The molecule has 2 aromatic carbocycles. The molecule has 0 amide bonds. The Hall–Kier alpha value is -0.902. The molecule has 0 heterocycles. The quantitative estimate of drug-likeness (QED) is 0.165. The molecule has 2 aliphatic carbocycles. The van der Waals surface area contributed by atoms with Crippen LogP contribution in [0.2, 0.25) is 0 Å². The zero-order chi connectivity index (χ0) is 29.2. The number of halogens is 6. The second-order valence-electron chi connectivity index (χ2n) is 9.73. The molecule has 0 spiro atoms. The molecule has 2 fully saturated rings. The Bertz CT molecular complexity index is 1050. The number of methoxy groups -OCH3 is 2. The Morgan fingerprint density at radius 1 is 0.725 bits per heavy atom. The van der Waals surface area contributed by atoms with Crippen molar-refractivity contribution in [1.82, 2.24) is 0 Å². The second kappa shape index (κ2) is 15.5. The Morgan fingerprint density at radius 3 is 1.48 bits per heavy atom. The summed E-state index contributed by atoms with van der Waals surface area (Å²) in [4.78, 5) is 0. The van der Waals surface area contributed by atoms with Crippen molar-refractivity contribution in [3.63, 3.8) is 0 Å². The van der Waals surface area contributed by atoms with Gasteiger partial charge in [-0.15, -0.1) is 0 Å². The van der Waals surface area contributed by atoms with E-state index in [4.69, 9.17) is 14.7 Å². The summed E-state index contributed by atoms with van der Waals surface area (Å²) >= 11 is -11.2. The fourth-order valence-corrected chi connectivity index (χ4v) is 9.39. The molecule has 0 atom stereocenters. The van der Waals surface area contributed by atoms with E-state index < -0.39 is 19.5 Å². The van der Waals surface area contributed by atoms with Crippen LogP contribution in [0.25, 0.3) is 11.1 Å². The van der Waals surface area contributed by atoms with Crippen molar-refractivity contribution in [1.29, 1.82) is 5.26 Å². The molecule has 0 aliphatic heterocycles. The molecule has 0 N–H and O–H groups in total. The summed E-state index contributed by atoms with van der Waals surface area (Å²) in [6, 6.07) is 17.1. The van der Waals surface area contributed by atoms with Crippen LogP contribution in [0, 0.1) is 11.3 Å². The van der Waals surface area contributed by atoms with E-state index in [1.165, 1.54) is 76.7 Å². The molecule has 12 heteroatoms. The van der Waals surface area contributed by atoms with Crippen molar-refractivity contribution in [2.75, 3.05) is 14.2 Å². The van der Waals surface area contributed by atoms with Crippen LogP contribution in [-0.4, -0.2) is 45.0 Å². The third-order valence-electron chi connectivity index (χ3n) is 6.82. The summed E-state index contributed by atoms with van der Waals surface area (Å²) < 4.78 is 71.1. The van der Waals surface area contributed by atoms with Gasteiger partial charge in [-0.2, -0.15) is 5.26 Å². The van der Waals surface area contributed by atoms with Gasteiger partial charge in [-0.1, -0.05) is 76.8 Å². The minimum absolute atomic E-state index is 0. The van der Waals surface area contributed by atoms with Crippen molar-refractivity contribution in [2.24, 2.45) is 0 Å². The van der Waals surface area contributed by atoms with E-state index in [1.807, 2.05) is 6.07 Å². The van der Waals surface area contributed by atoms with E-state index in [0.29, 0.717) is 0 Å². The van der Waals surface area contributed by atoms with E-state index in [0.717, 1.165) is 28.4 Å². The molecule has 230 valence electrons. The Morgan fingerprint density at radius 2 is 1.10 bits per heavy atom. The number of hydrogen-bond donors (Lipinski definition) is 0. The zero-order valence-electron chi connectivity index (χ0n) is 23.0. The molecular formula is C28H38AuF6NO2PSb. The molecule has 3 nitrogen and oxygen atoms in total. The fourth-order valence-electron chi connectivity index (χ4n) is 5.44. The predicted octanol–water partition coefficient (Wildman–Crippen LogP) is 9.81. The molecule has 0 aromatic heterocycles. The van der Waals surface area contributed by atoms with Crippen molar-refractivity contribution >= 4 is 32.7 Å². The second-order valence-corrected chi connectivity index (χ2v) is 18.0. The molecule has 2 aliphatic rings. The average Bonchev–Trinajstić information content (AvgIpc) is 2.88. The topological polar surface area (TPSA) is 42.2 Å². The Labute approximate surface area is 253 Å². The molecule has 2 aromatic rings. The van der Waals surface area contributed by atoms with Crippen LogP contribution < -0.4 is 14.8 Å². The Balaban J connectivity index is 0.000000629. The van der Waals surface area contributed by atoms with Crippen LogP contribution in [0.3, 0.4) is 0 Å². The standard InChI is InChI=1S/C26H35O2P.C2H3N.Au.6FH.Sb/c1-27-23-17-11-18-24(28-2)26(23)22-16-9-10-19-25(22)29(20-12-5-3-6-13-20)21-14-7-4-8-15-21;1-2-3;;;;;;;;/h9-11,16-21H,3-8,12-15H2,1-2H3;1H3;;6*1H;/q;;+1;;;;;;;+5/p-6. The van der Waals surface area contributed by atoms with E-state index in [9.17, 15) is 16.9 Å². The van der Waals surface area contributed by atoms with E-state index in [2.05, 4.69) is 36.4 Å². The third kappa shape index (κ3) is 13.4. The summed E-state index contributed by atoms with van der Waals surface area (Å²) in [5, 5.41) is 8.91. The third-order valence-corrected chi connectivity index (χ3v) is 10.4. The van der Waals surface area contributed by atoms with Gasteiger partial charge < -0.3 is 9.47 Å². The zero-order valence-corrected chi connectivity index (χ0v) is 28.6. The first kappa shape index (κ1) is 37.1. The number of ether oxygens (including phenoxy) is 2. The van der Waals surface area contributed by atoms with Crippen LogP contribution in [0.5, 0.6) is 11.5 Å². The monoisotopic (exact) mass is 883 g/mol. The average molecular weight is 884 g/mol. The Kier molecular flexibility index (Phi) is 14.4. The van der Waals surface area contributed by atoms with Crippen molar-refractivity contribution in [3.05, 3.63) is 42.5 Å². The van der Waals surface area contributed by atoms with Gasteiger partial charge in [0.1, 0.15) is 11.5 Å². The normalized spacial score (nSPS) is 17.8. The number of nitriles is 1. The van der Waals surface area contributed by atoms with Crippen molar-refractivity contribution in [2.45, 2.75) is 82.4 Å². The van der Waals surface area contributed by atoms with Crippen LogP contribution >= 0.6 is 7.92 Å². The van der Waals surface area contributed by atoms with Crippen molar-refractivity contribution < 1.29 is 48.7 Å². The van der Waals surface area contributed by atoms with Crippen LogP contribution in [0.1, 0.15) is 71.1 Å². The van der Waals surface area contributed by atoms with Crippen LogP contribution in [0.4, 0.5) is 16.9 Å². The minimum atomic E-state index is -11.2. The van der Waals surface area contributed by atoms with E-state index >= 15 is 0 Å². The first-order valence-electron chi connectivity index (χ1n) is 13.2. The molecule has 2 saturated carbocycles. The van der Waals surface area contributed by atoms with Gasteiger partial charge in [-0.05, 0) is 60.0 Å². The van der Waals surface area contributed by atoms with Gasteiger partial charge in [-0.3, -0.25) is 0 Å². The van der Waals surface area contributed by atoms with E-state index in [1.54, 1.807) is 25.6 Å². The van der Waals surface area contributed by atoms with Crippen molar-refractivity contribution in [3.8, 4) is 28.7 Å². The number of hydrogen-bond acceptors (Lipinski definition) is 3. The SMILES string of the molecule is CC#N.COc1cccc(OC)c1-c1ccccc1P(C1CCCCC1)C1CCCCC1.[Au+].[F][Sb-]([F])([F])([F])([F])[F]. The summed E-state index contributed by atoms with van der Waals surface area (Å²) in [5.41, 5.74) is 4.23. The van der Waals surface area contributed by atoms with Gasteiger partial charge in [0.15, 0.2) is 0 Å². The first-order valence-corrected chi connectivity index (χ1v) is 20.4. The van der Waals surface area contributed by atoms with Gasteiger partial charge in [0.25, 0.3) is 0 Å². The van der Waals surface area contributed by atoms with Gasteiger partial charge in [-0.25, -0.2) is 0 Å². The molecule has 0 saturated heterocycles. The number of rotatable bonds is 6. The molecule has 0 bridgehead atoms. The predicted molar refractivity (Wildman–Crippen MR) is 149 cm³/mol.